The predicted octanol–water partition coefficient (Wildman–Crippen LogP) is 1.89. The molecule has 1 atom stereocenters. The second kappa shape index (κ2) is 7.33. The molecule has 2 N–H and O–H groups in total. The fraction of sp³-hybridized carbons (Fsp3) is 0.571. The zero-order valence-corrected chi connectivity index (χ0v) is 12.8. The maximum atomic E-state index is 6.19. The van der Waals surface area contributed by atoms with Crippen LogP contribution in [0, 0.1) is 0 Å². The first-order valence-corrected chi connectivity index (χ1v) is 7.45. The molecule has 1 aromatic heterocycles. The number of nitrogens with zero attached hydrogens (tertiary/aromatic N) is 3. The lowest BCUT2D eigenvalue weighted by atomic mass is 10.3. The standard InChI is InChI=1S/C14H22ClN5/c1-3-7-18-14(16-2)19-11-6-9-20(10-11)13-12(15)5-4-8-17-13/h4-5,8,11H,3,6-7,9-10H2,1-2H3,(H2,16,18,19). The fourth-order valence-corrected chi connectivity index (χ4v) is 2.55. The van der Waals surface area contributed by atoms with Crippen molar-refractivity contribution in [1.29, 1.82) is 0 Å². The average molecular weight is 296 g/mol. The highest BCUT2D eigenvalue weighted by molar-refractivity contribution is 6.32. The van der Waals surface area contributed by atoms with E-state index in [1.807, 2.05) is 12.1 Å². The van der Waals surface area contributed by atoms with Crippen molar-refractivity contribution in [2.45, 2.75) is 25.8 Å². The van der Waals surface area contributed by atoms with E-state index in [9.17, 15) is 0 Å². The number of anilines is 1. The number of guanidine groups is 1. The first-order valence-electron chi connectivity index (χ1n) is 7.07. The molecule has 5 nitrogen and oxygen atoms in total. The fourth-order valence-electron chi connectivity index (χ4n) is 2.31. The van der Waals surface area contributed by atoms with Gasteiger partial charge in [0.15, 0.2) is 5.96 Å². The number of aromatic nitrogens is 1. The second-order valence-electron chi connectivity index (χ2n) is 4.88. The number of hydrogen-bond donors (Lipinski definition) is 2. The van der Waals surface area contributed by atoms with Crippen LogP contribution >= 0.6 is 11.6 Å². The maximum absolute atomic E-state index is 6.19. The van der Waals surface area contributed by atoms with E-state index < -0.39 is 0 Å². The minimum absolute atomic E-state index is 0.371. The molecular weight excluding hydrogens is 274 g/mol. The molecule has 2 heterocycles. The average Bonchev–Trinajstić information content (AvgIpc) is 2.92. The molecule has 0 aliphatic carbocycles. The van der Waals surface area contributed by atoms with Crippen LogP contribution in [0.1, 0.15) is 19.8 Å². The topological polar surface area (TPSA) is 52.6 Å². The van der Waals surface area contributed by atoms with Crippen LogP contribution in [0.5, 0.6) is 0 Å². The molecule has 2 rings (SSSR count). The number of pyridine rings is 1. The number of nitrogens with one attached hydrogen (secondary N) is 2. The summed E-state index contributed by atoms with van der Waals surface area (Å²) in [7, 11) is 1.80. The summed E-state index contributed by atoms with van der Waals surface area (Å²) in [6.07, 6.45) is 3.92. The monoisotopic (exact) mass is 295 g/mol. The van der Waals surface area contributed by atoms with Gasteiger partial charge >= 0.3 is 0 Å². The summed E-state index contributed by atoms with van der Waals surface area (Å²) in [4.78, 5) is 10.8. The maximum Gasteiger partial charge on any atom is 0.191 e. The Labute approximate surface area is 125 Å². The van der Waals surface area contributed by atoms with Crippen molar-refractivity contribution in [2.24, 2.45) is 4.99 Å². The van der Waals surface area contributed by atoms with Crippen molar-refractivity contribution < 1.29 is 0 Å². The Kier molecular flexibility index (Phi) is 5.47. The summed E-state index contributed by atoms with van der Waals surface area (Å²) in [5, 5.41) is 7.45. The Balaban J connectivity index is 1.91. The summed E-state index contributed by atoms with van der Waals surface area (Å²) in [6, 6.07) is 4.11. The Morgan fingerprint density at radius 3 is 3.15 bits per heavy atom. The van der Waals surface area contributed by atoms with Gasteiger partial charge in [0.25, 0.3) is 0 Å². The highest BCUT2D eigenvalue weighted by Gasteiger charge is 2.25. The summed E-state index contributed by atoms with van der Waals surface area (Å²) < 4.78 is 0. The lowest BCUT2D eigenvalue weighted by Crippen LogP contribution is -2.44. The van der Waals surface area contributed by atoms with Crippen molar-refractivity contribution in [3.8, 4) is 0 Å². The van der Waals surface area contributed by atoms with Crippen molar-refractivity contribution in [3.05, 3.63) is 23.4 Å². The molecule has 1 aliphatic rings. The van der Waals surface area contributed by atoms with Gasteiger partial charge in [0.05, 0.1) is 5.02 Å². The van der Waals surface area contributed by atoms with E-state index in [-0.39, 0.29) is 0 Å². The van der Waals surface area contributed by atoms with Gasteiger partial charge in [-0.15, -0.1) is 0 Å². The predicted molar refractivity (Wildman–Crippen MR) is 84.7 cm³/mol. The molecular formula is C14H22ClN5. The minimum Gasteiger partial charge on any atom is -0.356 e. The Hall–Kier alpha value is -1.49. The number of aliphatic imine (C=N–C) groups is 1. The highest BCUT2D eigenvalue weighted by Crippen LogP contribution is 2.25. The van der Waals surface area contributed by atoms with E-state index in [2.05, 4.69) is 32.4 Å². The molecule has 0 aromatic carbocycles. The first kappa shape index (κ1) is 14.9. The van der Waals surface area contributed by atoms with E-state index in [1.54, 1.807) is 13.2 Å². The van der Waals surface area contributed by atoms with Gasteiger partial charge in [-0.1, -0.05) is 18.5 Å². The minimum atomic E-state index is 0.371. The molecule has 0 saturated carbocycles. The quantitative estimate of drug-likeness (QED) is 0.658. The third-order valence-electron chi connectivity index (χ3n) is 3.33. The van der Waals surface area contributed by atoms with Crippen molar-refractivity contribution in [3.63, 3.8) is 0 Å². The number of halogens is 1. The molecule has 1 unspecified atom stereocenters. The molecule has 0 radical (unpaired) electrons. The third kappa shape index (κ3) is 3.76. The molecule has 20 heavy (non-hydrogen) atoms. The zero-order chi connectivity index (χ0) is 14.4. The van der Waals surface area contributed by atoms with Crippen molar-refractivity contribution in [2.75, 3.05) is 31.6 Å². The van der Waals surface area contributed by atoms with Gasteiger partial charge in [0, 0.05) is 38.9 Å². The number of rotatable bonds is 4. The lowest BCUT2D eigenvalue weighted by Gasteiger charge is -2.20. The van der Waals surface area contributed by atoms with Crippen LogP contribution in [-0.2, 0) is 0 Å². The van der Waals surface area contributed by atoms with Gasteiger partial charge in [-0.05, 0) is 25.0 Å². The van der Waals surface area contributed by atoms with Gasteiger partial charge in [0.2, 0.25) is 0 Å². The highest BCUT2D eigenvalue weighted by atomic mass is 35.5. The van der Waals surface area contributed by atoms with E-state index in [0.717, 1.165) is 44.3 Å². The largest absolute Gasteiger partial charge is 0.356 e. The lowest BCUT2D eigenvalue weighted by molar-refractivity contribution is 0.646. The number of hydrogen-bond acceptors (Lipinski definition) is 3. The summed E-state index contributed by atoms with van der Waals surface area (Å²) in [5.41, 5.74) is 0. The third-order valence-corrected chi connectivity index (χ3v) is 3.63. The molecule has 0 bridgehead atoms. The first-order chi connectivity index (χ1) is 9.74. The SMILES string of the molecule is CCCNC(=NC)NC1CCN(c2ncccc2Cl)C1. The van der Waals surface area contributed by atoms with Crippen LogP contribution in [0.25, 0.3) is 0 Å². The summed E-state index contributed by atoms with van der Waals surface area (Å²) in [5.74, 6) is 1.74. The summed E-state index contributed by atoms with van der Waals surface area (Å²) in [6.45, 7) is 4.92. The van der Waals surface area contributed by atoms with E-state index in [0.29, 0.717) is 11.1 Å². The van der Waals surface area contributed by atoms with E-state index in [1.165, 1.54) is 0 Å². The normalized spacial score (nSPS) is 19.2. The molecule has 1 fully saturated rings. The van der Waals surface area contributed by atoms with Gasteiger partial charge in [-0.25, -0.2) is 4.98 Å². The molecule has 6 heteroatoms. The molecule has 110 valence electrons. The Morgan fingerprint density at radius 2 is 2.45 bits per heavy atom. The van der Waals surface area contributed by atoms with Crippen LogP contribution in [0.15, 0.2) is 23.3 Å². The van der Waals surface area contributed by atoms with Gasteiger partial charge in [0.1, 0.15) is 5.82 Å². The molecule has 1 aromatic rings. The second-order valence-corrected chi connectivity index (χ2v) is 5.29. The van der Waals surface area contributed by atoms with Gasteiger partial charge in [-0.3, -0.25) is 4.99 Å². The van der Waals surface area contributed by atoms with Crippen molar-refractivity contribution in [1.82, 2.24) is 15.6 Å². The van der Waals surface area contributed by atoms with Crippen LogP contribution in [-0.4, -0.2) is 43.7 Å². The van der Waals surface area contributed by atoms with Crippen LogP contribution < -0.4 is 15.5 Å². The van der Waals surface area contributed by atoms with Crippen LogP contribution in [0.2, 0.25) is 5.02 Å². The van der Waals surface area contributed by atoms with E-state index >= 15 is 0 Å². The van der Waals surface area contributed by atoms with Gasteiger partial charge < -0.3 is 15.5 Å². The molecule has 1 aliphatic heterocycles. The molecule has 1 saturated heterocycles. The molecule has 0 amide bonds. The van der Waals surface area contributed by atoms with E-state index in [4.69, 9.17) is 11.6 Å². The van der Waals surface area contributed by atoms with Crippen molar-refractivity contribution >= 4 is 23.4 Å². The Morgan fingerprint density at radius 1 is 1.60 bits per heavy atom. The smallest absolute Gasteiger partial charge is 0.191 e. The summed E-state index contributed by atoms with van der Waals surface area (Å²) >= 11 is 6.19. The van der Waals surface area contributed by atoms with Gasteiger partial charge in [-0.2, -0.15) is 0 Å². The van der Waals surface area contributed by atoms with Crippen LogP contribution in [0.3, 0.4) is 0 Å². The Bertz CT molecular complexity index is 463. The molecule has 0 spiro atoms. The van der Waals surface area contributed by atoms with Crippen LogP contribution in [0.4, 0.5) is 5.82 Å². The zero-order valence-electron chi connectivity index (χ0n) is 12.1.